The molecule has 0 radical (unpaired) electrons. The van der Waals surface area contributed by atoms with Crippen molar-refractivity contribution in [1.29, 1.82) is 0 Å². The van der Waals surface area contributed by atoms with Gasteiger partial charge in [0.2, 0.25) is 0 Å². The fourth-order valence-electron chi connectivity index (χ4n) is 5.47. The molecule has 3 aromatic carbocycles. The van der Waals surface area contributed by atoms with Gasteiger partial charge in [0.1, 0.15) is 17.3 Å². The SMILES string of the molecule is CCCCc1nc(Cl)c(/C=N/N2C(=O)c3cccc4c(N5CCOCC5)ccc(c34)C2=O)n1Cc1ccccc1F. The molecule has 0 spiro atoms. The van der Waals surface area contributed by atoms with E-state index in [1.807, 2.05) is 18.2 Å². The third-order valence-electron chi connectivity index (χ3n) is 7.59. The van der Waals surface area contributed by atoms with Gasteiger partial charge < -0.3 is 14.2 Å². The number of halogens is 2. The highest BCUT2D eigenvalue weighted by Gasteiger charge is 2.34. The molecule has 0 saturated carbocycles. The summed E-state index contributed by atoms with van der Waals surface area (Å²) in [7, 11) is 0. The van der Waals surface area contributed by atoms with E-state index in [4.69, 9.17) is 16.3 Å². The van der Waals surface area contributed by atoms with Crippen molar-refractivity contribution < 1.29 is 18.7 Å². The van der Waals surface area contributed by atoms with E-state index in [0.717, 1.165) is 42.0 Å². The molecule has 0 bridgehead atoms. The number of hydrogen-bond donors (Lipinski definition) is 0. The fraction of sp³-hybridized carbons (Fsp3) is 0.290. The van der Waals surface area contributed by atoms with Crippen LogP contribution in [-0.2, 0) is 17.7 Å². The van der Waals surface area contributed by atoms with Crippen LogP contribution in [0.3, 0.4) is 0 Å². The summed E-state index contributed by atoms with van der Waals surface area (Å²) in [6.07, 6.45) is 3.83. The van der Waals surface area contributed by atoms with Crippen LogP contribution in [-0.4, -0.2) is 58.9 Å². The van der Waals surface area contributed by atoms with E-state index in [1.165, 1.54) is 12.3 Å². The summed E-state index contributed by atoms with van der Waals surface area (Å²) in [4.78, 5) is 34.0. The molecule has 1 fully saturated rings. The second kappa shape index (κ2) is 11.4. The van der Waals surface area contributed by atoms with Crippen LogP contribution in [0.5, 0.6) is 0 Å². The van der Waals surface area contributed by atoms with E-state index >= 15 is 0 Å². The smallest absolute Gasteiger partial charge is 0.282 e. The maximum atomic E-state index is 14.6. The van der Waals surface area contributed by atoms with Gasteiger partial charge in [-0.2, -0.15) is 10.1 Å². The third kappa shape index (κ3) is 5.00. The average molecular weight is 574 g/mol. The number of nitrogens with zero attached hydrogens (tertiary/aromatic N) is 5. The van der Waals surface area contributed by atoms with Gasteiger partial charge in [0, 0.05) is 41.5 Å². The maximum Gasteiger partial charge on any atom is 0.282 e. The molecule has 10 heteroatoms. The first-order valence-corrected chi connectivity index (χ1v) is 14.1. The number of benzene rings is 3. The minimum atomic E-state index is -0.522. The Morgan fingerprint density at radius 3 is 2.54 bits per heavy atom. The average Bonchev–Trinajstić information content (AvgIpc) is 3.29. The van der Waals surface area contributed by atoms with E-state index in [1.54, 1.807) is 34.9 Å². The number of anilines is 1. The van der Waals surface area contributed by atoms with E-state index in [-0.39, 0.29) is 17.5 Å². The van der Waals surface area contributed by atoms with Crippen molar-refractivity contribution in [2.75, 3.05) is 31.2 Å². The summed E-state index contributed by atoms with van der Waals surface area (Å²) in [6.45, 7) is 4.97. The van der Waals surface area contributed by atoms with Crippen molar-refractivity contribution in [2.24, 2.45) is 5.10 Å². The van der Waals surface area contributed by atoms with Gasteiger partial charge in [0.05, 0.1) is 37.1 Å². The lowest BCUT2D eigenvalue weighted by molar-refractivity contribution is 0.0616. The molecule has 1 aromatic heterocycles. The van der Waals surface area contributed by atoms with Crippen molar-refractivity contribution in [1.82, 2.24) is 14.6 Å². The zero-order chi connectivity index (χ0) is 28.5. The van der Waals surface area contributed by atoms with Crippen molar-refractivity contribution in [3.8, 4) is 0 Å². The van der Waals surface area contributed by atoms with Gasteiger partial charge in [0.25, 0.3) is 11.8 Å². The van der Waals surface area contributed by atoms with Gasteiger partial charge in [-0.15, -0.1) is 0 Å². The lowest BCUT2D eigenvalue weighted by Crippen LogP contribution is -2.38. The van der Waals surface area contributed by atoms with E-state index in [9.17, 15) is 14.0 Å². The monoisotopic (exact) mass is 573 g/mol. The van der Waals surface area contributed by atoms with E-state index in [2.05, 4.69) is 21.9 Å². The number of morpholine rings is 1. The van der Waals surface area contributed by atoms with Crippen LogP contribution in [0.2, 0.25) is 5.15 Å². The molecule has 2 aliphatic rings. The Morgan fingerprint density at radius 1 is 1.02 bits per heavy atom. The highest BCUT2D eigenvalue weighted by atomic mass is 35.5. The molecule has 0 N–H and O–H groups in total. The van der Waals surface area contributed by atoms with Crippen LogP contribution in [0.25, 0.3) is 10.8 Å². The van der Waals surface area contributed by atoms with Crippen LogP contribution in [0, 0.1) is 5.82 Å². The number of hydrogen-bond acceptors (Lipinski definition) is 6. The topological polar surface area (TPSA) is 80.0 Å². The maximum absolute atomic E-state index is 14.6. The summed E-state index contributed by atoms with van der Waals surface area (Å²) >= 11 is 6.54. The van der Waals surface area contributed by atoms with Crippen molar-refractivity contribution in [3.63, 3.8) is 0 Å². The van der Waals surface area contributed by atoms with Crippen molar-refractivity contribution in [2.45, 2.75) is 32.7 Å². The second-order valence-electron chi connectivity index (χ2n) is 10.1. The second-order valence-corrected chi connectivity index (χ2v) is 10.5. The van der Waals surface area contributed by atoms with Crippen molar-refractivity contribution in [3.05, 3.63) is 93.8 Å². The molecule has 1 saturated heterocycles. The number of hydrazone groups is 1. The summed E-state index contributed by atoms with van der Waals surface area (Å²) in [5.74, 6) is -0.704. The molecule has 4 aromatic rings. The summed E-state index contributed by atoms with van der Waals surface area (Å²) < 4.78 is 21.9. The first-order valence-electron chi connectivity index (χ1n) is 13.8. The highest BCUT2D eigenvalue weighted by molar-refractivity contribution is 6.32. The molecule has 6 rings (SSSR count). The molecule has 3 heterocycles. The molecule has 0 atom stereocenters. The molecular weight excluding hydrogens is 545 g/mol. The van der Waals surface area contributed by atoms with Gasteiger partial charge in [-0.3, -0.25) is 9.59 Å². The zero-order valence-corrected chi connectivity index (χ0v) is 23.4. The predicted molar refractivity (Wildman–Crippen MR) is 156 cm³/mol. The quantitative estimate of drug-likeness (QED) is 0.200. The van der Waals surface area contributed by atoms with E-state index < -0.39 is 11.8 Å². The molecule has 2 amide bonds. The first-order chi connectivity index (χ1) is 20.0. The number of rotatable bonds is 8. The number of imide groups is 1. The number of unbranched alkanes of at least 4 members (excludes halogenated alkanes) is 1. The number of carbonyl (C=O) groups is 2. The lowest BCUT2D eigenvalue weighted by Gasteiger charge is -2.31. The number of aryl methyl sites for hydroxylation is 1. The molecule has 2 aliphatic heterocycles. The predicted octanol–water partition coefficient (Wildman–Crippen LogP) is 5.69. The number of aromatic nitrogens is 2. The molecule has 0 aliphatic carbocycles. The Bertz CT molecular complexity index is 1660. The van der Waals surface area contributed by atoms with Crippen LogP contribution in [0.1, 0.15) is 57.6 Å². The van der Waals surface area contributed by atoms with Gasteiger partial charge >= 0.3 is 0 Å². The van der Waals surface area contributed by atoms with Gasteiger partial charge in [-0.1, -0.05) is 55.3 Å². The Morgan fingerprint density at radius 2 is 1.78 bits per heavy atom. The lowest BCUT2D eigenvalue weighted by atomic mass is 9.93. The van der Waals surface area contributed by atoms with E-state index in [0.29, 0.717) is 53.2 Å². The fourth-order valence-corrected chi connectivity index (χ4v) is 5.72. The Hall–Kier alpha value is -4.08. The Kier molecular flexibility index (Phi) is 7.55. The first kappa shape index (κ1) is 27.1. The summed E-state index contributed by atoms with van der Waals surface area (Å²) in [5, 5.41) is 6.85. The molecule has 8 nitrogen and oxygen atoms in total. The largest absolute Gasteiger partial charge is 0.378 e. The minimum absolute atomic E-state index is 0.172. The molecule has 41 heavy (non-hydrogen) atoms. The van der Waals surface area contributed by atoms with Crippen LogP contribution in [0.15, 0.2) is 59.7 Å². The van der Waals surface area contributed by atoms with Gasteiger partial charge in [-0.05, 0) is 30.7 Å². The Balaban J connectivity index is 1.37. The van der Waals surface area contributed by atoms with Gasteiger partial charge in [0.15, 0.2) is 5.15 Å². The summed E-state index contributed by atoms with van der Waals surface area (Å²) in [5.41, 5.74) is 2.64. The van der Waals surface area contributed by atoms with Crippen LogP contribution < -0.4 is 4.90 Å². The normalized spacial score (nSPS) is 15.5. The number of imidazole rings is 1. The number of ether oxygens (including phenoxy) is 1. The third-order valence-corrected chi connectivity index (χ3v) is 7.87. The number of carbonyl (C=O) groups excluding carboxylic acids is 2. The zero-order valence-electron chi connectivity index (χ0n) is 22.6. The highest BCUT2D eigenvalue weighted by Crippen LogP contribution is 2.36. The number of amides is 2. The van der Waals surface area contributed by atoms with Crippen LogP contribution in [0.4, 0.5) is 10.1 Å². The molecule has 0 unspecified atom stereocenters. The molecule has 210 valence electrons. The Labute approximate surface area is 242 Å². The minimum Gasteiger partial charge on any atom is -0.378 e. The summed E-state index contributed by atoms with van der Waals surface area (Å²) in [6, 6.07) is 15.7. The van der Waals surface area contributed by atoms with Gasteiger partial charge in [-0.25, -0.2) is 9.37 Å². The van der Waals surface area contributed by atoms with Crippen molar-refractivity contribution >= 4 is 46.1 Å². The standard InChI is InChI=1S/C31H29ClFN5O3/c1-2-3-11-27-35-29(32)26(37(27)19-20-7-4-5-10-24(20)33)18-34-38-30(39)22-9-6-8-21-25(36-14-16-41-17-15-36)13-12-23(28(21)22)31(38)40/h4-10,12-13,18H,2-3,11,14-17,19H2,1H3/b34-18+. The molecular formula is C31H29ClFN5O3. The van der Waals surface area contributed by atoms with Crippen LogP contribution >= 0.6 is 11.6 Å².